The van der Waals surface area contributed by atoms with E-state index in [2.05, 4.69) is 15.5 Å². The van der Waals surface area contributed by atoms with Crippen molar-refractivity contribution in [2.75, 3.05) is 26.2 Å². The quantitative estimate of drug-likeness (QED) is 0.606. The Labute approximate surface area is 94.2 Å². The Balaban J connectivity index is 2.17. The Kier molecular flexibility index (Phi) is 3.21. The van der Waals surface area contributed by atoms with Crippen molar-refractivity contribution in [2.45, 2.75) is 13.0 Å². The first-order chi connectivity index (χ1) is 7.74. The van der Waals surface area contributed by atoms with Crippen molar-refractivity contribution >= 4 is 5.91 Å². The average molecular weight is 223 g/mol. The van der Waals surface area contributed by atoms with Gasteiger partial charge >= 0.3 is 0 Å². The summed E-state index contributed by atoms with van der Waals surface area (Å²) in [5.74, 6) is 0.0169. The first-order valence-corrected chi connectivity index (χ1v) is 5.45. The summed E-state index contributed by atoms with van der Waals surface area (Å²) in [6.07, 6.45) is 1.58. The first-order valence-electron chi connectivity index (χ1n) is 5.45. The second kappa shape index (κ2) is 4.63. The fourth-order valence-corrected chi connectivity index (χ4v) is 1.96. The second-order valence-electron chi connectivity index (χ2n) is 4.00. The summed E-state index contributed by atoms with van der Waals surface area (Å²) >= 11 is 0. The van der Waals surface area contributed by atoms with Crippen LogP contribution in [0.25, 0.3) is 0 Å². The van der Waals surface area contributed by atoms with Crippen molar-refractivity contribution < 1.29 is 4.79 Å². The van der Waals surface area contributed by atoms with E-state index in [1.54, 1.807) is 6.20 Å². The van der Waals surface area contributed by atoms with Crippen LogP contribution >= 0.6 is 0 Å². The van der Waals surface area contributed by atoms with Gasteiger partial charge in [0.05, 0.1) is 17.8 Å². The molecule has 1 aliphatic rings. The third-order valence-corrected chi connectivity index (χ3v) is 2.94. The highest BCUT2D eigenvalue weighted by Gasteiger charge is 2.27. The van der Waals surface area contributed by atoms with Gasteiger partial charge in [0, 0.05) is 31.9 Å². The maximum absolute atomic E-state index is 12.2. The molecule has 0 aromatic carbocycles. The van der Waals surface area contributed by atoms with Gasteiger partial charge in [-0.15, -0.1) is 0 Å². The molecule has 1 saturated heterocycles. The Hall–Kier alpha value is -1.40. The van der Waals surface area contributed by atoms with E-state index in [4.69, 9.17) is 5.73 Å². The number of amides is 1. The predicted octanol–water partition coefficient (Wildman–Crippen LogP) is -0.909. The van der Waals surface area contributed by atoms with Crippen molar-refractivity contribution in [3.05, 3.63) is 17.5 Å². The number of H-pyrrole nitrogens is 1. The molecule has 6 nitrogen and oxygen atoms in total. The summed E-state index contributed by atoms with van der Waals surface area (Å²) in [7, 11) is 0. The van der Waals surface area contributed by atoms with Gasteiger partial charge in [0.25, 0.3) is 5.91 Å². The number of carbonyl (C=O) groups excluding carboxylic acids is 1. The fourth-order valence-electron chi connectivity index (χ4n) is 1.96. The number of piperazine rings is 1. The lowest BCUT2D eigenvalue weighted by Crippen LogP contribution is -2.56. The Morgan fingerprint density at radius 1 is 1.75 bits per heavy atom. The van der Waals surface area contributed by atoms with Gasteiger partial charge in [-0.2, -0.15) is 5.10 Å². The third kappa shape index (κ3) is 1.94. The molecule has 1 aromatic rings. The number of aryl methyl sites for hydroxylation is 1. The molecule has 1 aromatic heterocycles. The molecule has 0 aliphatic carbocycles. The highest BCUT2D eigenvalue weighted by molar-refractivity contribution is 5.95. The second-order valence-corrected chi connectivity index (χ2v) is 4.00. The van der Waals surface area contributed by atoms with E-state index in [9.17, 15) is 4.79 Å². The number of carbonyl (C=O) groups is 1. The minimum atomic E-state index is 0.0169. The number of nitrogens with two attached hydrogens (primary N) is 1. The van der Waals surface area contributed by atoms with Gasteiger partial charge < -0.3 is 16.0 Å². The molecule has 1 amide bonds. The van der Waals surface area contributed by atoms with Crippen LogP contribution in [0.5, 0.6) is 0 Å². The van der Waals surface area contributed by atoms with Crippen molar-refractivity contribution in [3.63, 3.8) is 0 Å². The van der Waals surface area contributed by atoms with E-state index in [1.807, 2.05) is 11.8 Å². The van der Waals surface area contributed by atoms with E-state index in [-0.39, 0.29) is 11.9 Å². The first kappa shape index (κ1) is 11.1. The molecule has 1 fully saturated rings. The van der Waals surface area contributed by atoms with Gasteiger partial charge in [-0.25, -0.2) is 0 Å². The summed E-state index contributed by atoms with van der Waals surface area (Å²) in [5.41, 5.74) is 7.11. The van der Waals surface area contributed by atoms with Crippen molar-refractivity contribution in [1.82, 2.24) is 20.4 Å². The maximum atomic E-state index is 12.2. The van der Waals surface area contributed by atoms with Crippen LogP contribution < -0.4 is 11.1 Å². The molecule has 0 saturated carbocycles. The summed E-state index contributed by atoms with van der Waals surface area (Å²) in [6.45, 7) is 4.61. The van der Waals surface area contributed by atoms with Gasteiger partial charge in [-0.3, -0.25) is 9.89 Å². The lowest BCUT2D eigenvalue weighted by atomic mass is 10.1. The molecule has 1 atom stereocenters. The van der Waals surface area contributed by atoms with Crippen LogP contribution in [0.3, 0.4) is 0 Å². The van der Waals surface area contributed by atoms with Crippen molar-refractivity contribution in [3.8, 4) is 0 Å². The smallest absolute Gasteiger partial charge is 0.257 e. The lowest BCUT2D eigenvalue weighted by molar-refractivity contribution is 0.0644. The molecule has 2 heterocycles. The van der Waals surface area contributed by atoms with Crippen LogP contribution in [-0.2, 0) is 0 Å². The monoisotopic (exact) mass is 223 g/mol. The standard InChI is InChI=1S/C10H17N5O/c1-7-9(6-13-14-7)10(16)15-3-2-12-5-8(15)4-11/h6,8,12H,2-5,11H2,1H3,(H,13,14). The molecular weight excluding hydrogens is 206 g/mol. The fraction of sp³-hybridized carbons (Fsp3) is 0.600. The molecule has 16 heavy (non-hydrogen) atoms. The lowest BCUT2D eigenvalue weighted by Gasteiger charge is -2.35. The Morgan fingerprint density at radius 3 is 3.19 bits per heavy atom. The highest BCUT2D eigenvalue weighted by atomic mass is 16.2. The molecular formula is C10H17N5O. The van der Waals surface area contributed by atoms with Crippen LogP contribution in [0.1, 0.15) is 16.1 Å². The average Bonchev–Trinajstić information content (AvgIpc) is 2.74. The minimum absolute atomic E-state index is 0.0169. The SMILES string of the molecule is Cc1[nH]ncc1C(=O)N1CCNCC1CN. The van der Waals surface area contributed by atoms with Crippen LogP contribution in [-0.4, -0.2) is 53.2 Å². The summed E-state index contributed by atoms with van der Waals surface area (Å²) in [6, 6.07) is 0.0792. The molecule has 0 spiro atoms. The maximum Gasteiger partial charge on any atom is 0.257 e. The van der Waals surface area contributed by atoms with Gasteiger partial charge in [-0.05, 0) is 6.92 Å². The molecule has 4 N–H and O–H groups in total. The molecule has 1 unspecified atom stereocenters. The molecule has 2 rings (SSSR count). The van der Waals surface area contributed by atoms with Crippen molar-refractivity contribution in [1.29, 1.82) is 0 Å². The summed E-state index contributed by atoms with van der Waals surface area (Å²) in [4.78, 5) is 14.1. The molecule has 88 valence electrons. The number of hydrogen-bond acceptors (Lipinski definition) is 4. The molecule has 1 aliphatic heterocycles. The van der Waals surface area contributed by atoms with Crippen molar-refractivity contribution in [2.24, 2.45) is 5.73 Å². The number of hydrogen-bond donors (Lipinski definition) is 3. The van der Waals surface area contributed by atoms with Gasteiger partial charge in [0.2, 0.25) is 0 Å². The molecule has 6 heteroatoms. The summed E-state index contributed by atoms with van der Waals surface area (Å²) in [5, 5.41) is 9.88. The zero-order valence-electron chi connectivity index (χ0n) is 9.36. The number of aromatic amines is 1. The highest BCUT2D eigenvalue weighted by Crippen LogP contribution is 2.11. The minimum Gasteiger partial charge on any atom is -0.332 e. The predicted molar refractivity (Wildman–Crippen MR) is 60.1 cm³/mol. The largest absolute Gasteiger partial charge is 0.332 e. The van der Waals surface area contributed by atoms with Crippen LogP contribution in [0.15, 0.2) is 6.20 Å². The van der Waals surface area contributed by atoms with Crippen LogP contribution in [0.2, 0.25) is 0 Å². The zero-order chi connectivity index (χ0) is 11.5. The zero-order valence-corrected chi connectivity index (χ0v) is 9.36. The van der Waals surface area contributed by atoms with E-state index in [0.717, 1.165) is 18.8 Å². The van der Waals surface area contributed by atoms with E-state index >= 15 is 0 Å². The molecule has 0 bridgehead atoms. The van der Waals surface area contributed by atoms with E-state index in [1.165, 1.54) is 0 Å². The van der Waals surface area contributed by atoms with Gasteiger partial charge in [-0.1, -0.05) is 0 Å². The number of nitrogens with one attached hydrogen (secondary N) is 2. The van der Waals surface area contributed by atoms with Crippen LogP contribution in [0.4, 0.5) is 0 Å². The Bertz CT molecular complexity index is 375. The number of nitrogens with zero attached hydrogens (tertiary/aromatic N) is 2. The Morgan fingerprint density at radius 2 is 2.56 bits per heavy atom. The number of aromatic nitrogens is 2. The van der Waals surface area contributed by atoms with Gasteiger partial charge in [0.1, 0.15) is 0 Å². The van der Waals surface area contributed by atoms with Gasteiger partial charge in [0.15, 0.2) is 0 Å². The van der Waals surface area contributed by atoms with Crippen LogP contribution in [0, 0.1) is 6.92 Å². The topological polar surface area (TPSA) is 87.0 Å². The third-order valence-electron chi connectivity index (χ3n) is 2.94. The van der Waals surface area contributed by atoms with E-state index in [0.29, 0.717) is 18.7 Å². The van der Waals surface area contributed by atoms with E-state index < -0.39 is 0 Å². The number of rotatable bonds is 2. The normalized spacial score (nSPS) is 21.1. The summed E-state index contributed by atoms with van der Waals surface area (Å²) < 4.78 is 0. The molecule has 0 radical (unpaired) electrons.